The molecule has 0 unspecified atom stereocenters. The van der Waals surface area contributed by atoms with E-state index in [4.69, 9.17) is 30.1 Å². The standard InChI is InChI=1S/C21H26N2O8/c1-10(24)30-14-7-13(18(26)28-2)20(22)5-3-12-19(27)31-15(11-4-6-29-9-11)8-21(12,23)17(20)16(14)25/h4,6,9,12-15,17H,3,5,7-8,22-23H2,1-2H3/p+1/t12-,13-,14-,15-,17-,20+,21+/m0/s1. The number of fused-ring (bicyclic) bond motifs is 3. The van der Waals surface area contributed by atoms with Crippen molar-refractivity contribution in [1.82, 2.24) is 0 Å². The molecular formula is C21H27N2O8+. The van der Waals surface area contributed by atoms with Crippen molar-refractivity contribution in [3.05, 3.63) is 24.2 Å². The van der Waals surface area contributed by atoms with E-state index < -0.39 is 58.8 Å². The van der Waals surface area contributed by atoms with Crippen LogP contribution in [0.1, 0.15) is 44.3 Å². The van der Waals surface area contributed by atoms with Gasteiger partial charge in [0.25, 0.3) is 0 Å². The number of carbonyl (C=O) groups is 3. The van der Waals surface area contributed by atoms with Crippen LogP contribution in [0.25, 0.3) is 0 Å². The Bertz CT molecular complexity index is 914. The number of furan rings is 1. The largest absolute Gasteiger partial charge is 0.488 e. The number of hydrogen-bond donors (Lipinski definition) is 2. The zero-order valence-corrected chi connectivity index (χ0v) is 17.4. The van der Waals surface area contributed by atoms with Gasteiger partial charge in [-0.1, -0.05) is 0 Å². The van der Waals surface area contributed by atoms with E-state index in [1.54, 1.807) is 6.07 Å². The van der Waals surface area contributed by atoms with E-state index in [0.717, 1.165) is 0 Å². The van der Waals surface area contributed by atoms with Gasteiger partial charge >= 0.3 is 17.9 Å². The first-order valence-electron chi connectivity index (χ1n) is 10.2. The van der Waals surface area contributed by atoms with Crippen molar-refractivity contribution in [2.75, 3.05) is 7.11 Å². The van der Waals surface area contributed by atoms with Crippen molar-refractivity contribution in [2.24, 2.45) is 29.2 Å². The summed E-state index contributed by atoms with van der Waals surface area (Å²) in [4.78, 5) is 48.6. The lowest BCUT2D eigenvalue weighted by Crippen LogP contribution is -2.78. The Balaban J connectivity index is 1.80. The molecule has 10 heteroatoms. The van der Waals surface area contributed by atoms with Gasteiger partial charge < -0.3 is 34.9 Å². The summed E-state index contributed by atoms with van der Waals surface area (Å²) in [5, 5.41) is 0. The molecule has 5 N–H and O–H groups in total. The highest BCUT2D eigenvalue weighted by molar-refractivity contribution is 5.94. The molecule has 2 aliphatic carbocycles. The fourth-order valence-corrected chi connectivity index (χ4v) is 5.76. The summed E-state index contributed by atoms with van der Waals surface area (Å²) in [5.74, 6) is -4.61. The third kappa shape index (κ3) is 3.25. The number of hydrogen-bond acceptors (Lipinski definition) is 9. The van der Waals surface area contributed by atoms with Crippen LogP contribution < -0.4 is 11.5 Å². The summed E-state index contributed by atoms with van der Waals surface area (Å²) >= 11 is 0. The maximum Gasteiger partial charge on any atom is 0.488 e. The van der Waals surface area contributed by atoms with E-state index in [2.05, 4.69) is 0 Å². The van der Waals surface area contributed by atoms with E-state index in [-0.39, 0.29) is 25.2 Å². The minimum Gasteiger partial charge on any atom is -0.472 e. The molecule has 1 aliphatic heterocycles. The normalized spacial score (nSPS) is 39.7. The minimum atomic E-state index is -1.33. The first kappa shape index (κ1) is 21.5. The Hall–Kier alpha value is -2.72. The monoisotopic (exact) mass is 435 g/mol. The van der Waals surface area contributed by atoms with Crippen LogP contribution in [0.15, 0.2) is 23.0 Å². The summed E-state index contributed by atoms with van der Waals surface area (Å²) in [6.45, 7) is 1.19. The van der Waals surface area contributed by atoms with Gasteiger partial charge in [-0.05, 0) is 18.9 Å². The topological polar surface area (TPSA) is 165 Å². The maximum absolute atomic E-state index is 13.6. The fourth-order valence-electron chi connectivity index (χ4n) is 5.76. The van der Waals surface area contributed by atoms with Gasteiger partial charge in [0.05, 0.1) is 42.6 Å². The lowest BCUT2D eigenvalue weighted by Gasteiger charge is -2.58. The second-order valence-electron chi connectivity index (χ2n) is 8.77. The Morgan fingerprint density at radius 1 is 1.29 bits per heavy atom. The zero-order valence-electron chi connectivity index (χ0n) is 17.4. The number of ketones is 1. The molecular weight excluding hydrogens is 408 g/mol. The fraction of sp³-hybridized carbons (Fsp3) is 0.619. The maximum atomic E-state index is 13.6. The smallest absolute Gasteiger partial charge is 0.472 e. The molecule has 1 saturated heterocycles. The Kier molecular flexibility index (Phi) is 5.17. The van der Waals surface area contributed by atoms with Crippen LogP contribution in [0.4, 0.5) is 0 Å². The number of esters is 3. The molecule has 3 fully saturated rings. The Morgan fingerprint density at radius 3 is 2.65 bits per heavy atom. The minimum absolute atomic E-state index is 0.0732. The van der Waals surface area contributed by atoms with Gasteiger partial charge in [-0.3, -0.25) is 14.4 Å². The lowest BCUT2D eigenvalue weighted by molar-refractivity contribution is -0.176. The predicted molar refractivity (Wildman–Crippen MR) is 105 cm³/mol. The van der Waals surface area contributed by atoms with Crippen molar-refractivity contribution < 1.29 is 37.8 Å². The number of carbonyl (C=O) groups excluding carboxylic acids is 4. The summed E-state index contributed by atoms with van der Waals surface area (Å²) in [5.41, 5.74) is 11.7. The van der Waals surface area contributed by atoms with Crippen LogP contribution in [0.3, 0.4) is 0 Å². The number of cyclic esters (lactones) is 1. The quantitative estimate of drug-likeness (QED) is 0.387. The van der Waals surface area contributed by atoms with E-state index >= 15 is 0 Å². The van der Waals surface area contributed by atoms with Crippen LogP contribution in [-0.2, 0) is 28.6 Å². The average Bonchev–Trinajstić information content (AvgIpc) is 3.23. The number of ether oxygens (including phenoxy) is 3. The molecule has 0 spiro atoms. The van der Waals surface area contributed by atoms with Crippen molar-refractivity contribution in [3.8, 4) is 0 Å². The van der Waals surface area contributed by atoms with Crippen LogP contribution in [0.2, 0.25) is 0 Å². The lowest BCUT2D eigenvalue weighted by atomic mass is 9.48. The molecule has 1 aromatic heterocycles. The van der Waals surface area contributed by atoms with Crippen molar-refractivity contribution in [3.63, 3.8) is 0 Å². The second kappa shape index (κ2) is 7.45. The molecule has 10 nitrogen and oxygen atoms in total. The SMILES string of the molecule is COC(=O)[C@@H]1C[C@H](OC(C)=O)C(=O)[C@H]2[C@@]1(N)CC[C@H]1C(=[OH+])O[C@H](c3ccoc3)C[C@]21N. The van der Waals surface area contributed by atoms with Crippen LogP contribution in [0.5, 0.6) is 0 Å². The zero-order chi connectivity index (χ0) is 22.6. The highest BCUT2D eigenvalue weighted by Crippen LogP contribution is 2.55. The van der Waals surface area contributed by atoms with Gasteiger partial charge in [-0.2, -0.15) is 0 Å². The highest BCUT2D eigenvalue weighted by atomic mass is 16.6. The van der Waals surface area contributed by atoms with Crippen molar-refractivity contribution in [2.45, 2.75) is 55.9 Å². The van der Waals surface area contributed by atoms with Gasteiger partial charge in [0.15, 0.2) is 11.9 Å². The molecule has 0 radical (unpaired) electrons. The van der Waals surface area contributed by atoms with E-state index in [9.17, 15) is 19.2 Å². The van der Waals surface area contributed by atoms with Crippen LogP contribution in [-0.4, -0.2) is 52.8 Å². The first-order valence-corrected chi connectivity index (χ1v) is 10.2. The Morgan fingerprint density at radius 2 is 2.03 bits per heavy atom. The molecule has 168 valence electrons. The van der Waals surface area contributed by atoms with E-state index in [1.807, 2.05) is 0 Å². The molecule has 0 bridgehead atoms. The summed E-state index contributed by atoms with van der Waals surface area (Å²) < 4.78 is 21.0. The number of Topliss-reactive ketones (excluding diaryl/α,β-unsaturated/α-hetero) is 1. The molecule has 0 amide bonds. The number of rotatable bonds is 3. The first-order chi connectivity index (χ1) is 14.6. The summed E-state index contributed by atoms with van der Waals surface area (Å²) in [7, 11) is 1.24. The third-order valence-electron chi connectivity index (χ3n) is 7.10. The van der Waals surface area contributed by atoms with Gasteiger partial charge in [0, 0.05) is 25.3 Å². The predicted octanol–water partition coefficient (Wildman–Crippen LogP) is 0.358. The third-order valence-corrected chi connectivity index (χ3v) is 7.10. The summed E-state index contributed by atoms with van der Waals surface area (Å²) in [6, 6.07) is 1.68. The molecule has 0 aromatic carbocycles. The second-order valence-corrected chi connectivity index (χ2v) is 8.77. The van der Waals surface area contributed by atoms with Gasteiger partial charge in [0.2, 0.25) is 6.10 Å². The molecule has 2 heterocycles. The van der Waals surface area contributed by atoms with Crippen LogP contribution >= 0.6 is 0 Å². The molecule has 31 heavy (non-hydrogen) atoms. The van der Waals surface area contributed by atoms with Crippen LogP contribution in [0, 0.1) is 17.8 Å². The molecule has 7 atom stereocenters. The van der Waals surface area contributed by atoms with Crippen molar-refractivity contribution in [1.29, 1.82) is 0 Å². The molecule has 4 rings (SSSR count). The van der Waals surface area contributed by atoms with E-state index in [1.165, 1.54) is 26.6 Å². The molecule has 1 aromatic rings. The van der Waals surface area contributed by atoms with Gasteiger partial charge in [-0.25, -0.2) is 0 Å². The van der Waals surface area contributed by atoms with E-state index in [0.29, 0.717) is 12.0 Å². The van der Waals surface area contributed by atoms with Gasteiger partial charge in [0.1, 0.15) is 5.92 Å². The van der Waals surface area contributed by atoms with Gasteiger partial charge in [-0.15, -0.1) is 0 Å². The summed E-state index contributed by atoms with van der Waals surface area (Å²) in [6.07, 6.45) is 1.74. The number of nitrogens with two attached hydrogens (primary N) is 2. The average molecular weight is 435 g/mol. The Labute approximate surface area is 178 Å². The number of methoxy groups -OCH3 is 1. The molecule has 2 saturated carbocycles. The van der Waals surface area contributed by atoms with Crippen molar-refractivity contribution >= 4 is 23.7 Å². The highest BCUT2D eigenvalue weighted by Gasteiger charge is 2.70. The molecule has 3 aliphatic rings.